The quantitative estimate of drug-likeness (QED) is 0.665. The molecule has 15 heavy (non-hydrogen) atoms. The van der Waals surface area contributed by atoms with Gasteiger partial charge in [-0.05, 0) is 40.0 Å². The van der Waals surface area contributed by atoms with Gasteiger partial charge in [-0.1, -0.05) is 27.2 Å². The zero-order valence-electron chi connectivity index (χ0n) is 11.3. The van der Waals surface area contributed by atoms with E-state index in [9.17, 15) is 4.79 Å². The Morgan fingerprint density at radius 3 is 1.93 bits per heavy atom. The van der Waals surface area contributed by atoms with Crippen LogP contribution in [0.5, 0.6) is 0 Å². The molecule has 0 fully saturated rings. The Kier molecular flexibility index (Phi) is 4.82. The number of esters is 1. The molecule has 2 heteroatoms. The normalized spacial score (nSPS) is 16.3. The maximum Gasteiger partial charge on any atom is 0.312 e. The fraction of sp³-hybridized carbons (Fsp3) is 0.923. The minimum absolute atomic E-state index is 0.0631. The molecule has 90 valence electrons. The van der Waals surface area contributed by atoms with Crippen molar-refractivity contribution in [1.29, 1.82) is 0 Å². The predicted octanol–water partition coefficient (Wildman–Crippen LogP) is 3.79. The van der Waals surface area contributed by atoms with Gasteiger partial charge in [0.25, 0.3) is 0 Å². The molecule has 0 aliphatic carbocycles. The second kappa shape index (κ2) is 5.00. The first kappa shape index (κ1) is 14.5. The summed E-state index contributed by atoms with van der Waals surface area (Å²) in [6.07, 6.45) is 1.90. The third-order valence-electron chi connectivity index (χ3n) is 2.91. The lowest BCUT2D eigenvalue weighted by atomic mass is 9.75. The molecule has 0 aromatic heterocycles. The highest BCUT2D eigenvalue weighted by Crippen LogP contribution is 2.35. The molecule has 0 spiro atoms. The van der Waals surface area contributed by atoms with Gasteiger partial charge in [0, 0.05) is 0 Å². The van der Waals surface area contributed by atoms with E-state index in [-0.39, 0.29) is 17.0 Å². The van der Waals surface area contributed by atoms with Gasteiger partial charge in [-0.3, -0.25) is 4.79 Å². The summed E-state index contributed by atoms with van der Waals surface area (Å²) in [5.41, 5.74) is -0.733. The maximum absolute atomic E-state index is 12.1. The summed E-state index contributed by atoms with van der Waals surface area (Å²) in [5.74, 6) is 0.249. The van der Waals surface area contributed by atoms with E-state index in [2.05, 4.69) is 20.8 Å². The van der Waals surface area contributed by atoms with Crippen molar-refractivity contribution in [2.45, 2.75) is 66.9 Å². The molecule has 1 unspecified atom stereocenters. The Morgan fingerprint density at radius 1 is 1.20 bits per heavy atom. The van der Waals surface area contributed by atoms with Gasteiger partial charge in [0.05, 0.1) is 5.41 Å². The monoisotopic (exact) mass is 214 g/mol. The number of carbonyl (C=O) groups is 1. The Bertz CT molecular complexity index is 213. The van der Waals surface area contributed by atoms with E-state index < -0.39 is 0 Å². The molecule has 0 aliphatic rings. The molecule has 0 aromatic carbocycles. The first-order chi connectivity index (χ1) is 6.63. The average molecular weight is 214 g/mol. The summed E-state index contributed by atoms with van der Waals surface area (Å²) < 4.78 is 5.48. The highest BCUT2D eigenvalue weighted by atomic mass is 16.6. The first-order valence-corrected chi connectivity index (χ1v) is 5.87. The van der Waals surface area contributed by atoms with E-state index in [0.29, 0.717) is 5.92 Å². The molecule has 0 saturated heterocycles. The number of hydrogen-bond donors (Lipinski definition) is 0. The highest BCUT2D eigenvalue weighted by molar-refractivity contribution is 5.77. The van der Waals surface area contributed by atoms with Crippen molar-refractivity contribution in [2.75, 3.05) is 0 Å². The van der Waals surface area contributed by atoms with Gasteiger partial charge >= 0.3 is 5.97 Å². The van der Waals surface area contributed by atoms with Gasteiger partial charge in [-0.2, -0.15) is 0 Å². The van der Waals surface area contributed by atoms with Crippen LogP contribution in [-0.4, -0.2) is 11.6 Å². The van der Waals surface area contributed by atoms with Crippen LogP contribution in [0.2, 0.25) is 0 Å². The summed E-state index contributed by atoms with van der Waals surface area (Å²) in [7, 11) is 0. The number of rotatable bonds is 4. The standard InChI is InChI=1S/C13H26O2/c1-8-9-13(7,10(2)3)11(14)15-12(4,5)6/h10H,8-9H2,1-7H3. The summed E-state index contributed by atoms with van der Waals surface area (Å²) in [6.45, 7) is 14.0. The van der Waals surface area contributed by atoms with Gasteiger partial charge in [0.2, 0.25) is 0 Å². The minimum Gasteiger partial charge on any atom is -0.460 e. The van der Waals surface area contributed by atoms with Crippen LogP contribution in [0.1, 0.15) is 61.3 Å². The lowest BCUT2D eigenvalue weighted by Gasteiger charge is -2.34. The first-order valence-electron chi connectivity index (χ1n) is 5.87. The molecule has 0 heterocycles. The maximum atomic E-state index is 12.1. The molecule has 0 aromatic rings. The third kappa shape index (κ3) is 4.23. The van der Waals surface area contributed by atoms with Gasteiger partial charge in [-0.15, -0.1) is 0 Å². The third-order valence-corrected chi connectivity index (χ3v) is 2.91. The zero-order valence-corrected chi connectivity index (χ0v) is 11.3. The van der Waals surface area contributed by atoms with Crippen molar-refractivity contribution in [2.24, 2.45) is 11.3 Å². The van der Waals surface area contributed by atoms with Crippen molar-refractivity contribution in [3.63, 3.8) is 0 Å². The largest absolute Gasteiger partial charge is 0.460 e. The van der Waals surface area contributed by atoms with Crippen molar-refractivity contribution < 1.29 is 9.53 Å². The van der Waals surface area contributed by atoms with Crippen LogP contribution in [0.4, 0.5) is 0 Å². The number of carbonyl (C=O) groups excluding carboxylic acids is 1. The van der Waals surface area contributed by atoms with Crippen LogP contribution in [0.15, 0.2) is 0 Å². The lowest BCUT2D eigenvalue weighted by Crippen LogP contribution is -2.39. The Labute approximate surface area is 94.4 Å². The van der Waals surface area contributed by atoms with E-state index >= 15 is 0 Å². The molecule has 0 N–H and O–H groups in total. The minimum atomic E-state index is -0.388. The van der Waals surface area contributed by atoms with Gasteiger partial charge in [-0.25, -0.2) is 0 Å². The van der Waals surface area contributed by atoms with Crippen LogP contribution in [0.3, 0.4) is 0 Å². The van der Waals surface area contributed by atoms with E-state index in [1.807, 2.05) is 27.7 Å². The number of ether oxygens (including phenoxy) is 1. The van der Waals surface area contributed by atoms with Crippen LogP contribution in [-0.2, 0) is 9.53 Å². The fourth-order valence-electron chi connectivity index (χ4n) is 1.54. The molecule has 0 saturated carbocycles. The molecule has 0 radical (unpaired) electrons. The second-order valence-corrected chi connectivity index (χ2v) is 5.82. The van der Waals surface area contributed by atoms with Crippen LogP contribution in [0, 0.1) is 11.3 Å². The van der Waals surface area contributed by atoms with E-state index in [4.69, 9.17) is 4.74 Å². The molecule has 2 nitrogen and oxygen atoms in total. The SMILES string of the molecule is CCCC(C)(C(=O)OC(C)(C)C)C(C)C. The molecular formula is C13H26O2. The lowest BCUT2D eigenvalue weighted by molar-refractivity contribution is -0.170. The highest BCUT2D eigenvalue weighted by Gasteiger charge is 2.38. The Hall–Kier alpha value is -0.530. The van der Waals surface area contributed by atoms with Gasteiger partial charge in [0.15, 0.2) is 0 Å². The van der Waals surface area contributed by atoms with Crippen molar-refractivity contribution in [1.82, 2.24) is 0 Å². The predicted molar refractivity (Wildman–Crippen MR) is 63.7 cm³/mol. The Balaban J connectivity index is 4.71. The second-order valence-electron chi connectivity index (χ2n) is 5.82. The summed E-state index contributed by atoms with van der Waals surface area (Å²) in [5, 5.41) is 0. The fourth-order valence-corrected chi connectivity index (χ4v) is 1.54. The van der Waals surface area contributed by atoms with E-state index in [1.165, 1.54) is 0 Å². The summed E-state index contributed by atoms with van der Waals surface area (Å²) >= 11 is 0. The smallest absolute Gasteiger partial charge is 0.312 e. The van der Waals surface area contributed by atoms with Crippen molar-refractivity contribution in [3.8, 4) is 0 Å². The molecule has 0 bridgehead atoms. The molecule has 0 aliphatic heterocycles. The molecule has 0 rings (SSSR count). The van der Waals surface area contributed by atoms with E-state index in [0.717, 1.165) is 12.8 Å². The van der Waals surface area contributed by atoms with E-state index in [1.54, 1.807) is 0 Å². The van der Waals surface area contributed by atoms with Crippen LogP contribution in [0.25, 0.3) is 0 Å². The van der Waals surface area contributed by atoms with Crippen LogP contribution >= 0.6 is 0 Å². The Morgan fingerprint density at radius 2 is 1.67 bits per heavy atom. The topological polar surface area (TPSA) is 26.3 Å². The van der Waals surface area contributed by atoms with Crippen molar-refractivity contribution >= 4 is 5.97 Å². The molecule has 0 amide bonds. The van der Waals surface area contributed by atoms with Gasteiger partial charge in [0.1, 0.15) is 5.60 Å². The van der Waals surface area contributed by atoms with Crippen LogP contribution < -0.4 is 0 Å². The summed E-state index contributed by atoms with van der Waals surface area (Å²) in [6, 6.07) is 0. The summed E-state index contributed by atoms with van der Waals surface area (Å²) in [4.78, 5) is 12.1. The molecule has 1 atom stereocenters. The number of hydrogen-bond acceptors (Lipinski definition) is 2. The molecular weight excluding hydrogens is 188 g/mol. The van der Waals surface area contributed by atoms with Crippen molar-refractivity contribution in [3.05, 3.63) is 0 Å². The van der Waals surface area contributed by atoms with Gasteiger partial charge < -0.3 is 4.74 Å². The average Bonchev–Trinajstić information content (AvgIpc) is 2.00. The zero-order chi connectivity index (χ0) is 12.3.